The monoisotopic (exact) mass is 805 g/mol. The lowest BCUT2D eigenvalue weighted by atomic mass is 9.84. The summed E-state index contributed by atoms with van der Waals surface area (Å²) >= 11 is 0. The molecule has 5 N–H and O–H groups in total. The van der Waals surface area contributed by atoms with Crippen LogP contribution < -0.4 is 16.0 Å². The van der Waals surface area contributed by atoms with Crippen molar-refractivity contribution in [1.29, 1.82) is 0 Å². The Labute approximate surface area is 347 Å². The van der Waals surface area contributed by atoms with E-state index >= 15 is 0 Å². The largest absolute Gasteiger partial charge is 0.465 e. The van der Waals surface area contributed by atoms with E-state index < -0.39 is 59.0 Å². The van der Waals surface area contributed by atoms with Gasteiger partial charge in [-0.2, -0.15) is 0 Å². The lowest BCUT2D eigenvalue weighted by molar-refractivity contribution is -0.131. The number of hydrogen-bond donors (Lipinski definition) is 5. The van der Waals surface area contributed by atoms with Gasteiger partial charge in [-0.3, -0.25) is 19.6 Å². The molecule has 1 aliphatic heterocycles. The summed E-state index contributed by atoms with van der Waals surface area (Å²) in [7, 11) is 0. The summed E-state index contributed by atoms with van der Waals surface area (Å²) in [6.45, 7) is 14.1. The number of aliphatic hydroxyl groups is 1. The number of urea groups is 1. The first-order chi connectivity index (χ1) is 27.9. The Morgan fingerprint density at radius 2 is 1.44 bits per heavy atom. The van der Waals surface area contributed by atoms with Crippen molar-refractivity contribution >= 4 is 23.9 Å². The summed E-state index contributed by atoms with van der Waals surface area (Å²) in [5.41, 5.74) is 3.66. The fraction of sp³-hybridized carbons (Fsp3) is 0.435. The van der Waals surface area contributed by atoms with Crippen LogP contribution in [-0.4, -0.2) is 97.3 Å². The number of hydrogen-bond acceptors (Lipinski definition) is 7. The first-order valence-electron chi connectivity index (χ1n) is 20.2. The van der Waals surface area contributed by atoms with Gasteiger partial charge in [0, 0.05) is 36.6 Å². The second kappa shape index (κ2) is 19.3. The molecule has 4 aromatic rings. The maximum Gasteiger partial charge on any atom is 0.405 e. The summed E-state index contributed by atoms with van der Waals surface area (Å²) < 4.78 is 0. The number of nitrogens with zero attached hydrogens (tertiary/aromatic N) is 4. The molecule has 1 aliphatic rings. The Kier molecular flexibility index (Phi) is 14.5. The van der Waals surface area contributed by atoms with E-state index in [2.05, 4.69) is 25.9 Å². The molecule has 2 aromatic heterocycles. The van der Waals surface area contributed by atoms with Crippen molar-refractivity contribution in [1.82, 2.24) is 35.7 Å². The second-order valence-electron chi connectivity index (χ2n) is 17.6. The maximum absolute atomic E-state index is 14.6. The Bertz CT molecular complexity index is 2030. The van der Waals surface area contributed by atoms with E-state index in [9.17, 15) is 29.4 Å². The minimum absolute atomic E-state index is 0.0234. The van der Waals surface area contributed by atoms with Gasteiger partial charge in [0.25, 0.3) is 0 Å². The number of nitrogens with one attached hydrogen (secondary N) is 3. The third kappa shape index (κ3) is 12.3. The molecule has 0 saturated carbocycles. The van der Waals surface area contributed by atoms with Gasteiger partial charge in [-0.1, -0.05) is 108 Å². The van der Waals surface area contributed by atoms with E-state index in [0.717, 1.165) is 33.8 Å². The summed E-state index contributed by atoms with van der Waals surface area (Å²) in [6.07, 6.45) is -0.170. The van der Waals surface area contributed by atoms with Gasteiger partial charge in [-0.05, 0) is 72.4 Å². The van der Waals surface area contributed by atoms with Crippen molar-refractivity contribution in [2.75, 3.05) is 13.1 Å². The van der Waals surface area contributed by atoms with Crippen LogP contribution in [0.3, 0.4) is 0 Å². The molecule has 1 saturated heterocycles. The average Bonchev–Trinajstić information content (AvgIpc) is 3.51. The van der Waals surface area contributed by atoms with E-state index in [1.807, 2.05) is 119 Å². The van der Waals surface area contributed by atoms with Gasteiger partial charge in [-0.25, -0.2) is 9.59 Å². The van der Waals surface area contributed by atoms with Gasteiger partial charge in [0.1, 0.15) is 12.1 Å². The minimum Gasteiger partial charge on any atom is -0.465 e. The number of aliphatic hydroxyl groups excluding tert-OH is 1. The number of carboxylic acid groups (broad SMARTS) is 1. The SMILES string of the molecule is Cc1cccc(CN2CCN([C@H](C(=O)N[C@@H](Cc3ccccc3)[C@H](O)C[C@@H](Cc3ccc(-c4ccccn4)cc3)NC(=O)[C@@H](NC(=O)O)C(C)(C)C)C(C)(C)C)C2=O)n1. The number of amides is 5. The van der Waals surface area contributed by atoms with Crippen LogP contribution in [0.25, 0.3) is 11.3 Å². The topological polar surface area (TPSA) is 177 Å². The highest BCUT2D eigenvalue weighted by Gasteiger charge is 2.44. The molecule has 59 heavy (non-hydrogen) atoms. The van der Waals surface area contributed by atoms with Gasteiger partial charge in [0.05, 0.1) is 30.1 Å². The van der Waals surface area contributed by atoms with Gasteiger partial charge in [0.15, 0.2) is 0 Å². The fourth-order valence-electron chi connectivity index (χ4n) is 7.65. The molecule has 5 amide bonds. The molecule has 2 aromatic carbocycles. The molecule has 3 heterocycles. The van der Waals surface area contributed by atoms with Crippen molar-refractivity contribution in [2.24, 2.45) is 10.8 Å². The molecule has 0 bridgehead atoms. The zero-order valence-corrected chi connectivity index (χ0v) is 35.2. The minimum atomic E-state index is -1.33. The number of carbonyl (C=O) groups is 4. The molecule has 0 radical (unpaired) electrons. The normalized spacial score (nSPS) is 15.8. The van der Waals surface area contributed by atoms with Crippen LogP contribution in [-0.2, 0) is 29.0 Å². The molecule has 13 heteroatoms. The third-order valence-electron chi connectivity index (χ3n) is 10.6. The zero-order chi connectivity index (χ0) is 42.9. The average molecular weight is 806 g/mol. The quantitative estimate of drug-likeness (QED) is 0.0917. The molecule has 5 rings (SSSR count). The zero-order valence-electron chi connectivity index (χ0n) is 35.2. The van der Waals surface area contributed by atoms with Crippen molar-refractivity contribution in [2.45, 2.75) is 105 Å². The van der Waals surface area contributed by atoms with Gasteiger partial charge in [0.2, 0.25) is 11.8 Å². The van der Waals surface area contributed by atoms with E-state index in [0.29, 0.717) is 26.1 Å². The number of aryl methyl sites for hydroxylation is 1. The number of pyridine rings is 2. The van der Waals surface area contributed by atoms with E-state index in [1.54, 1.807) is 36.8 Å². The Balaban J connectivity index is 1.41. The highest BCUT2D eigenvalue weighted by molar-refractivity contribution is 5.89. The smallest absolute Gasteiger partial charge is 0.405 e. The number of rotatable bonds is 16. The van der Waals surface area contributed by atoms with Crippen LogP contribution in [0, 0.1) is 17.8 Å². The molecular formula is C46H59N7O6. The van der Waals surface area contributed by atoms with E-state index in [-0.39, 0.29) is 18.9 Å². The predicted molar refractivity (Wildman–Crippen MR) is 227 cm³/mol. The highest BCUT2D eigenvalue weighted by atomic mass is 16.4. The number of carbonyl (C=O) groups excluding carboxylic acids is 3. The summed E-state index contributed by atoms with van der Waals surface area (Å²) in [5, 5.41) is 30.3. The lowest BCUT2D eigenvalue weighted by Gasteiger charge is -2.38. The summed E-state index contributed by atoms with van der Waals surface area (Å²) in [6, 6.07) is 24.9. The Morgan fingerprint density at radius 3 is 2.05 bits per heavy atom. The van der Waals surface area contributed by atoms with Crippen molar-refractivity contribution in [3.63, 3.8) is 0 Å². The van der Waals surface area contributed by atoms with Gasteiger partial charge < -0.3 is 36.0 Å². The first kappa shape index (κ1) is 44.3. The van der Waals surface area contributed by atoms with Crippen LogP contribution in [0.2, 0.25) is 0 Å². The Hall–Kier alpha value is -5.82. The molecule has 13 nitrogen and oxygen atoms in total. The van der Waals surface area contributed by atoms with E-state index in [1.165, 1.54) is 0 Å². The van der Waals surface area contributed by atoms with Crippen molar-refractivity contribution in [3.8, 4) is 11.3 Å². The number of aromatic nitrogens is 2. The van der Waals surface area contributed by atoms with Crippen LogP contribution in [0.4, 0.5) is 9.59 Å². The molecular weight excluding hydrogens is 747 g/mol. The summed E-state index contributed by atoms with van der Waals surface area (Å²) in [4.78, 5) is 66.4. The Morgan fingerprint density at radius 1 is 0.763 bits per heavy atom. The molecule has 0 unspecified atom stereocenters. The predicted octanol–water partition coefficient (Wildman–Crippen LogP) is 5.99. The molecule has 5 atom stereocenters. The van der Waals surface area contributed by atoms with Crippen LogP contribution in [0.5, 0.6) is 0 Å². The third-order valence-corrected chi connectivity index (χ3v) is 10.6. The van der Waals surface area contributed by atoms with Crippen molar-refractivity contribution in [3.05, 3.63) is 120 Å². The molecule has 0 aliphatic carbocycles. The van der Waals surface area contributed by atoms with Crippen LogP contribution >= 0.6 is 0 Å². The van der Waals surface area contributed by atoms with Gasteiger partial charge in [-0.15, -0.1) is 0 Å². The summed E-state index contributed by atoms with van der Waals surface area (Å²) in [5.74, 6) is -0.929. The second-order valence-corrected chi connectivity index (χ2v) is 17.6. The lowest BCUT2D eigenvalue weighted by Crippen LogP contribution is -2.59. The molecule has 1 fully saturated rings. The highest BCUT2D eigenvalue weighted by Crippen LogP contribution is 2.29. The molecule has 0 spiro atoms. The van der Waals surface area contributed by atoms with Crippen molar-refractivity contribution < 1.29 is 29.4 Å². The number of benzene rings is 2. The van der Waals surface area contributed by atoms with Gasteiger partial charge >= 0.3 is 12.1 Å². The molecule has 314 valence electrons. The van der Waals surface area contributed by atoms with Crippen LogP contribution in [0.15, 0.2) is 97.2 Å². The van der Waals surface area contributed by atoms with E-state index in [4.69, 9.17) is 0 Å². The standard InChI is InChI=1S/C46H59N7O6/c1-30-14-13-17-34(48-30)29-52-24-25-53(44(52)59)40(46(5,6)7)42(56)50-37(27-31-15-9-8-10-16-31)38(54)28-35(49-41(55)39(45(2,3)4)51-43(57)58)26-32-19-21-33(22-20-32)36-18-11-12-23-47-36/h8-23,35,37-40,51,54H,24-29H2,1-7H3,(H,49,55)(H,50,56)(H,57,58)/t35-,37+,38-,39-,40-/m1/s1. The fourth-order valence-corrected chi connectivity index (χ4v) is 7.65. The first-order valence-corrected chi connectivity index (χ1v) is 20.2. The van der Waals surface area contributed by atoms with Crippen LogP contribution in [0.1, 0.15) is 70.5 Å². The maximum atomic E-state index is 14.6.